The highest BCUT2D eigenvalue weighted by atomic mass is 32.1. The van der Waals surface area contributed by atoms with Gasteiger partial charge in [0.15, 0.2) is 0 Å². The summed E-state index contributed by atoms with van der Waals surface area (Å²) in [5.74, 6) is 0.0882. The predicted molar refractivity (Wildman–Crippen MR) is 82.1 cm³/mol. The van der Waals surface area contributed by atoms with E-state index >= 15 is 0 Å². The number of carbonyl (C=O) groups is 1. The number of carbonyl (C=O) groups excluding carboxylic acids is 1. The van der Waals surface area contributed by atoms with Crippen molar-refractivity contribution in [2.24, 2.45) is 5.92 Å². The van der Waals surface area contributed by atoms with Crippen LogP contribution in [-0.4, -0.2) is 34.8 Å². The van der Waals surface area contributed by atoms with Gasteiger partial charge in [-0.3, -0.25) is 0 Å². The van der Waals surface area contributed by atoms with Crippen molar-refractivity contribution in [1.82, 2.24) is 15.6 Å². The zero-order valence-corrected chi connectivity index (χ0v) is 13.5. The number of aromatic nitrogens is 1. The maximum absolute atomic E-state index is 11.6. The number of amides is 2. The third-order valence-electron chi connectivity index (χ3n) is 3.42. The molecule has 0 saturated carbocycles. The number of aryl methyl sites for hydroxylation is 1. The Bertz CT molecular complexity index is 430. The van der Waals surface area contributed by atoms with E-state index in [4.69, 9.17) is 0 Å². The second-order valence-electron chi connectivity index (χ2n) is 5.46. The molecular weight excluding hydrogens is 274 g/mol. The number of rotatable bonds is 7. The van der Waals surface area contributed by atoms with Gasteiger partial charge in [0.1, 0.15) is 0 Å². The molecule has 0 aliphatic rings. The van der Waals surface area contributed by atoms with Crippen molar-refractivity contribution in [2.45, 2.75) is 46.1 Å². The molecule has 2 amide bonds. The maximum Gasteiger partial charge on any atom is 0.314 e. The van der Waals surface area contributed by atoms with E-state index in [0.29, 0.717) is 6.54 Å². The lowest BCUT2D eigenvalue weighted by Gasteiger charge is -2.27. The Morgan fingerprint density at radius 2 is 2.20 bits per heavy atom. The molecule has 1 aromatic rings. The zero-order valence-electron chi connectivity index (χ0n) is 12.7. The van der Waals surface area contributed by atoms with Crippen LogP contribution in [0.15, 0.2) is 5.38 Å². The first-order valence-corrected chi connectivity index (χ1v) is 7.90. The van der Waals surface area contributed by atoms with Gasteiger partial charge in [-0.2, -0.15) is 0 Å². The number of hydrogen-bond donors (Lipinski definition) is 3. The van der Waals surface area contributed by atoms with Gasteiger partial charge in [0.05, 0.1) is 16.3 Å². The van der Waals surface area contributed by atoms with Crippen molar-refractivity contribution in [2.75, 3.05) is 13.1 Å². The van der Waals surface area contributed by atoms with Gasteiger partial charge in [0.2, 0.25) is 0 Å². The Morgan fingerprint density at radius 1 is 1.50 bits per heavy atom. The van der Waals surface area contributed by atoms with Crippen LogP contribution in [0.1, 0.15) is 38.4 Å². The molecule has 0 aliphatic heterocycles. The van der Waals surface area contributed by atoms with Crippen LogP contribution in [0.4, 0.5) is 4.79 Å². The second kappa shape index (κ2) is 7.59. The number of aliphatic hydroxyl groups is 1. The smallest absolute Gasteiger partial charge is 0.314 e. The van der Waals surface area contributed by atoms with E-state index in [-0.39, 0.29) is 18.5 Å². The predicted octanol–water partition coefficient (Wildman–Crippen LogP) is 1.95. The first-order chi connectivity index (χ1) is 9.35. The Kier molecular flexibility index (Phi) is 6.42. The average Bonchev–Trinajstić information content (AvgIpc) is 2.84. The summed E-state index contributed by atoms with van der Waals surface area (Å²) in [5, 5.41) is 18.6. The summed E-state index contributed by atoms with van der Waals surface area (Å²) in [6.45, 7) is 8.43. The van der Waals surface area contributed by atoms with E-state index in [0.717, 1.165) is 23.5 Å². The van der Waals surface area contributed by atoms with Crippen molar-refractivity contribution in [3.8, 4) is 0 Å². The van der Waals surface area contributed by atoms with Gasteiger partial charge in [0, 0.05) is 24.9 Å². The summed E-state index contributed by atoms with van der Waals surface area (Å²) in [7, 11) is 0. The van der Waals surface area contributed by atoms with Crippen molar-refractivity contribution >= 4 is 17.4 Å². The molecule has 0 fully saturated rings. The standard InChI is InChI=1S/C14H25N3O2S/c1-5-12-17-11(8-20-12)6-7-15-13(18)16-9-14(4,19)10(2)3/h8,10,19H,5-7,9H2,1-4H3,(H2,15,16,18). The lowest BCUT2D eigenvalue weighted by molar-refractivity contribution is 0.0166. The number of hydrogen-bond acceptors (Lipinski definition) is 4. The van der Waals surface area contributed by atoms with Gasteiger partial charge in [-0.1, -0.05) is 20.8 Å². The molecule has 5 nitrogen and oxygen atoms in total. The van der Waals surface area contributed by atoms with Crippen molar-refractivity contribution in [3.05, 3.63) is 16.1 Å². The Morgan fingerprint density at radius 3 is 2.75 bits per heavy atom. The molecule has 1 heterocycles. The molecule has 114 valence electrons. The number of urea groups is 1. The maximum atomic E-state index is 11.6. The molecule has 1 rings (SSSR count). The van der Waals surface area contributed by atoms with E-state index in [2.05, 4.69) is 22.5 Å². The minimum Gasteiger partial charge on any atom is -0.388 e. The normalized spacial score (nSPS) is 14.1. The van der Waals surface area contributed by atoms with Crippen LogP contribution < -0.4 is 10.6 Å². The van der Waals surface area contributed by atoms with Crippen LogP contribution in [0, 0.1) is 5.92 Å². The lowest BCUT2D eigenvalue weighted by Crippen LogP contribution is -2.47. The molecule has 6 heteroatoms. The van der Waals surface area contributed by atoms with E-state index in [1.807, 2.05) is 19.2 Å². The summed E-state index contributed by atoms with van der Waals surface area (Å²) in [5.41, 5.74) is 0.128. The van der Waals surface area contributed by atoms with E-state index in [9.17, 15) is 9.90 Å². The lowest BCUT2D eigenvalue weighted by atomic mass is 9.93. The van der Waals surface area contributed by atoms with E-state index in [1.54, 1.807) is 18.3 Å². The van der Waals surface area contributed by atoms with Crippen LogP contribution in [0.5, 0.6) is 0 Å². The fraction of sp³-hybridized carbons (Fsp3) is 0.714. The SMILES string of the molecule is CCc1nc(CCNC(=O)NCC(C)(O)C(C)C)cs1. The largest absolute Gasteiger partial charge is 0.388 e. The Labute approximate surface area is 124 Å². The van der Waals surface area contributed by atoms with Gasteiger partial charge in [-0.25, -0.2) is 9.78 Å². The average molecular weight is 299 g/mol. The topological polar surface area (TPSA) is 74.2 Å². The fourth-order valence-corrected chi connectivity index (χ4v) is 2.24. The van der Waals surface area contributed by atoms with Crippen molar-refractivity contribution in [1.29, 1.82) is 0 Å². The molecule has 0 aromatic carbocycles. The van der Waals surface area contributed by atoms with Crippen molar-refractivity contribution < 1.29 is 9.90 Å². The third kappa shape index (κ3) is 5.46. The quantitative estimate of drug-likeness (QED) is 0.720. The first kappa shape index (κ1) is 16.9. The highest BCUT2D eigenvalue weighted by molar-refractivity contribution is 7.09. The molecule has 20 heavy (non-hydrogen) atoms. The zero-order chi connectivity index (χ0) is 15.2. The summed E-state index contributed by atoms with van der Waals surface area (Å²) in [6.07, 6.45) is 1.67. The molecule has 0 bridgehead atoms. The van der Waals surface area contributed by atoms with Gasteiger partial charge in [0.25, 0.3) is 0 Å². The van der Waals surface area contributed by atoms with Crippen LogP contribution in [0.2, 0.25) is 0 Å². The van der Waals surface area contributed by atoms with Crippen molar-refractivity contribution in [3.63, 3.8) is 0 Å². The van der Waals surface area contributed by atoms with Crippen LogP contribution >= 0.6 is 11.3 Å². The molecule has 1 unspecified atom stereocenters. The molecule has 3 N–H and O–H groups in total. The highest BCUT2D eigenvalue weighted by Gasteiger charge is 2.25. The Balaban J connectivity index is 2.23. The molecule has 0 spiro atoms. The van der Waals surface area contributed by atoms with Crippen LogP contribution in [0.3, 0.4) is 0 Å². The number of nitrogens with one attached hydrogen (secondary N) is 2. The summed E-state index contributed by atoms with van der Waals surface area (Å²) < 4.78 is 0. The minimum absolute atomic E-state index is 0.0882. The van der Waals surface area contributed by atoms with Gasteiger partial charge in [-0.15, -0.1) is 11.3 Å². The summed E-state index contributed by atoms with van der Waals surface area (Å²) >= 11 is 1.65. The summed E-state index contributed by atoms with van der Waals surface area (Å²) in [6, 6.07) is -0.253. The minimum atomic E-state index is -0.887. The van der Waals surface area contributed by atoms with Crippen LogP contribution in [0.25, 0.3) is 0 Å². The molecular formula is C14H25N3O2S. The number of nitrogens with zero attached hydrogens (tertiary/aromatic N) is 1. The van der Waals surface area contributed by atoms with Gasteiger partial charge in [-0.05, 0) is 19.3 Å². The molecule has 0 saturated heterocycles. The molecule has 0 radical (unpaired) electrons. The highest BCUT2D eigenvalue weighted by Crippen LogP contribution is 2.14. The number of thiazole rings is 1. The molecule has 0 aliphatic carbocycles. The first-order valence-electron chi connectivity index (χ1n) is 7.02. The van der Waals surface area contributed by atoms with Crippen LogP contribution in [-0.2, 0) is 12.8 Å². The Hall–Kier alpha value is -1.14. The fourth-order valence-electron chi connectivity index (χ4n) is 1.46. The molecule has 1 aromatic heterocycles. The third-order valence-corrected chi connectivity index (χ3v) is 4.46. The molecule has 1 atom stereocenters. The van der Waals surface area contributed by atoms with E-state index < -0.39 is 5.60 Å². The van der Waals surface area contributed by atoms with Gasteiger partial charge < -0.3 is 15.7 Å². The van der Waals surface area contributed by atoms with E-state index in [1.165, 1.54) is 0 Å². The summed E-state index contributed by atoms with van der Waals surface area (Å²) in [4.78, 5) is 16.1. The second-order valence-corrected chi connectivity index (χ2v) is 6.40. The van der Waals surface area contributed by atoms with Gasteiger partial charge >= 0.3 is 6.03 Å². The monoisotopic (exact) mass is 299 g/mol.